The average molecular weight is 366 g/mol. The highest BCUT2D eigenvalue weighted by Crippen LogP contribution is 2.36. The number of fused-ring (bicyclic) bond motifs is 1. The van der Waals surface area contributed by atoms with E-state index in [1.807, 2.05) is 0 Å². The van der Waals surface area contributed by atoms with Crippen LogP contribution in [0.4, 0.5) is 4.39 Å². The molecule has 6 nitrogen and oxygen atoms in total. The van der Waals surface area contributed by atoms with Crippen LogP contribution in [-0.2, 0) is 9.59 Å². The highest BCUT2D eigenvalue weighted by atomic mass is 19.1. The Morgan fingerprint density at radius 2 is 1.85 bits per heavy atom. The Morgan fingerprint density at radius 1 is 1.04 bits per heavy atom. The van der Waals surface area contributed by atoms with Gasteiger partial charge in [0.05, 0.1) is 17.8 Å². The van der Waals surface area contributed by atoms with E-state index in [-0.39, 0.29) is 24.4 Å². The van der Waals surface area contributed by atoms with E-state index in [9.17, 15) is 14.0 Å². The molecule has 0 saturated heterocycles. The summed E-state index contributed by atoms with van der Waals surface area (Å²) in [6.07, 6.45) is 1.59. The van der Waals surface area contributed by atoms with Gasteiger partial charge in [0.25, 0.3) is 11.8 Å². The second-order valence-electron chi connectivity index (χ2n) is 6.03. The van der Waals surface area contributed by atoms with Crippen LogP contribution >= 0.6 is 0 Å². The van der Waals surface area contributed by atoms with Crippen molar-refractivity contribution in [2.45, 2.75) is 0 Å². The minimum atomic E-state index is -0.540. The Hall–Kier alpha value is -3.45. The van der Waals surface area contributed by atoms with E-state index >= 15 is 0 Å². The molecule has 2 amide bonds. The Bertz CT molecular complexity index is 1100. The van der Waals surface area contributed by atoms with Crippen LogP contribution in [0.5, 0.6) is 5.75 Å². The number of aliphatic hydroxyl groups excluding tert-OH is 1. The normalized spacial score (nSPS) is 14.1. The van der Waals surface area contributed by atoms with E-state index < -0.39 is 17.6 Å². The monoisotopic (exact) mass is 366 g/mol. The lowest BCUT2D eigenvalue weighted by molar-refractivity contribution is -0.122. The number of aromatic nitrogens is 1. The molecular weight excluding hydrogens is 351 g/mol. The fraction of sp³-hybridized carbons (Fsp3) is 0.100. The van der Waals surface area contributed by atoms with Gasteiger partial charge in [-0.2, -0.15) is 0 Å². The number of rotatable bonds is 5. The standard InChI is InChI=1S/C20H15FN2O4/c21-12-4-5-16-14(9-12)15(10-22-16)18-17(19(25)23-20(18)26)11-2-1-3-13(8-11)27-7-6-24/h1-5,8-10,22,24H,6-7H2,(H,23,25,26). The van der Waals surface area contributed by atoms with E-state index in [1.54, 1.807) is 36.5 Å². The number of H-pyrrole nitrogens is 1. The lowest BCUT2D eigenvalue weighted by atomic mass is 9.96. The average Bonchev–Trinajstić information content (AvgIpc) is 3.19. The molecule has 0 aliphatic carbocycles. The summed E-state index contributed by atoms with van der Waals surface area (Å²) in [5, 5.41) is 11.7. The molecule has 1 aliphatic heterocycles. The smallest absolute Gasteiger partial charge is 0.259 e. The van der Waals surface area contributed by atoms with E-state index in [1.165, 1.54) is 12.1 Å². The third-order valence-corrected chi connectivity index (χ3v) is 4.33. The van der Waals surface area contributed by atoms with Gasteiger partial charge in [-0.15, -0.1) is 0 Å². The predicted octanol–water partition coefficient (Wildman–Crippen LogP) is 2.25. The number of aromatic amines is 1. The molecule has 27 heavy (non-hydrogen) atoms. The molecule has 2 heterocycles. The summed E-state index contributed by atoms with van der Waals surface area (Å²) < 4.78 is 19.1. The third-order valence-electron chi connectivity index (χ3n) is 4.33. The number of imide groups is 1. The summed E-state index contributed by atoms with van der Waals surface area (Å²) in [4.78, 5) is 27.9. The van der Waals surface area contributed by atoms with Gasteiger partial charge in [-0.25, -0.2) is 4.39 Å². The van der Waals surface area contributed by atoms with Gasteiger partial charge in [-0.1, -0.05) is 12.1 Å². The summed E-state index contributed by atoms with van der Waals surface area (Å²) >= 11 is 0. The van der Waals surface area contributed by atoms with Crippen LogP contribution in [0.1, 0.15) is 11.1 Å². The number of carbonyl (C=O) groups excluding carboxylic acids is 2. The molecule has 0 atom stereocenters. The summed E-state index contributed by atoms with van der Waals surface area (Å²) in [7, 11) is 0. The van der Waals surface area contributed by atoms with E-state index in [0.717, 1.165) is 0 Å². The molecule has 4 rings (SSSR count). The first-order valence-corrected chi connectivity index (χ1v) is 8.29. The zero-order valence-corrected chi connectivity index (χ0v) is 14.1. The number of ether oxygens (including phenoxy) is 1. The number of aliphatic hydroxyl groups is 1. The molecular formula is C20H15FN2O4. The first-order valence-electron chi connectivity index (χ1n) is 8.29. The number of carbonyl (C=O) groups is 2. The van der Waals surface area contributed by atoms with Gasteiger partial charge in [0.2, 0.25) is 0 Å². The Labute approximate surface area is 153 Å². The van der Waals surface area contributed by atoms with Gasteiger partial charge < -0.3 is 14.8 Å². The summed E-state index contributed by atoms with van der Waals surface area (Å²) in [6.45, 7) is -0.0275. The molecule has 0 radical (unpaired) electrons. The van der Waals surface area contributed by atoms with Crippen molar-refractivity contribution in [2.75, 3.05) is 13.2 Å². The maximum atomic E-state index is 13.7. The zero-order valence-electron chi connectivity index (χ0n) is 14.1. The van der Waals surface area contributed by atoms with E-state index in [4.69, 9.17) is 9.84 Å². The van der Waals surface area contributed by atoms with Gasteiger partial charge in [0.1, 0.15) is 18.2 Å². The molecule has 1 aliphatic rings. The highest BCUT2D eigenvalue weighted by molar-refractivity contribution is 6.50. The zero-order chi connectivity index (χ0) is 19.0. The lowest BCUT2D eigenvalue weighted by Crippen LogP contribution is -2.22. The molecule has 2 aromatic carbocycles. The molecule has 0 unspecified atom stereocenters. The molecule has 0 saturated carbocycles. The van der Waals surface area contributed by atoms with Crippen molar-refractivity contribution in [3.8, 4) is 5.75 Å². The number of hydrogen-bond donors (Lipinski definition) is 3. The van der Waals surface area contributed by atoms with Crippen molar-refractivity contribution >= 4 is 33.9 Å². The van der Waals surface area contributed by atoms with Crippen LogP contribution in [0.3, 0.4) is 0 Å². The van der Waals surface area contributed by atoms with Crippen molar-refractivity contribution in [2.24, 2.45) is 0 Å². The number of amides is 2. The van der Waals surface area contributed by atoms with Crippen LogP contribution in [-0.4, -0.2) is 35.1 Å². The van der Waals surface area contributed by atoms with Crippen LogP contribution in [0.15, 0.2) is 48.7 Å². The van der Waals surface area contributed by atoms with Crippen molar-refractivity contribution in [1.82, 2.24) is 10.3 Å². The third kappa shape index (κ3) is 2.98. The van der Waals surface area contributed by atoms with Crippen LogP contribution in [0, 0.1) is 5.82 Å². The summed E-state index contributed by atoms with van der Waals surface area (Å²) in [5.74, 6) is -1.04. The molecule has 0 bridgehead atoms. The number of benzene rings is 2. The van der Waals surface area contributed by atoms with Crippen LogP contribution in [0.2, 0.25) is 0 Å². The molecule has 0 spiro atoms. The molecule has 1 aromatic heterocycles. The van der Waals surface area contributed by atoms with Crippen LogP contribution in [0.25, 0.3) is 22.0 Å². The summed E-state index contributed by atoms with van der Waals surface area (Å²) in [6, 6.07) is 10.9. The SMILES string of the molecule is O=C1NC(=O)C(c2c[nH]c3ccc(F)cc23)=C1c1cccc(OCCO)c1. The Balaban J connectivity index is 1.90. The minimum absolute atomic E-state index is 0.113. The second kappa shape index (κ2) is 6.69. The molecule has 3 N–H and O–H groups in total. The van der Waals surface area contributed by atoms with Gasteiger partial charge >= 0.3 is 0 Å². The number of hydrogen-bond acceptors (Lipinski definition) is 4. The molecule has 136 valence electrons. The van der Waals surface area contributed by atoms with Crippen LogP contribution < -0.4 is 10.1 Å². The summed E-state index contributed by atoms with van der Waals surface area (Å²) in [5.41, 5.74) is 1.97. The van der Waals surface area contributed by atoms with Gasteiger partial charge in [0, 0.05) is 22.7 Å². The van der Waals surface area contributed by atoms with Crippen molar-refractivity contribution in [3.63, 3.8) is 0 Å². The van der Waals surface area contributed by atoms with Gasteiger partial charge in [-0.3, -0.25) is 14.9 Å². The lowest BCUT2D eigenvalue weighted by Gasteiger charge is -2.08. The second-order valence-corrected chi connectivity index (χ2v) is 6.03. The largest absolute Gasteiger partial charge is 0.491 e. The first kappa shape index (κ1) is 17.0. The fourth-order valence-electron chi connectivity index (χ4n) is 3.19. The highest BCUT2D eigenvalue weighted by Gasteiger charge is 2.33. The maximum absolute atomic E-state index is 13.7. The van der Waals surface area contributed by atoms with Crippen molar-refractivity contribution in [1.29, 1.82) is 0 Å². The molecule has 7 heteroatoms. The molecule has 0 fully saturated rings. The van der Waals surface area contributed by atoms with E-state index in [2.05, 4.69) is 10.3 Å². The van der Waals surface area contributed by atoms with Gasteiger partial charge in [0.15, 0.2) is 0 Å². The fourth-order valence-corrected chi connectivity index (χ4v) is 3.19. The number of halogens is 1. The quantitative estimate of drug-likeness (QED) is 0.604. The predicted molar refractivity (Wildman–Crippen MR) is 97.2 cm³/mol. The topological polar surface area (TPSA) is 91.4 Å². The van der Waals surface area contributed by atoms with E-state index in [0.29, 0.717) is 27.8 Å². The minimum Gasteiger partial charge on any atom is -0.491 e. The van der Waals surface area contributed by atoms with Crippen molar-refractivity contribution in [3.05, 3.63) is 65.6 Å². The van der Waals surface area contributed by atoms with Crippen molar-refractivity contribution < 1.29 is 23.8 Å². The van der Waals surface area contributed by atoms with Gasteiger partial charge in [-0.05, 0) is 35.9 Å². The Morgan fingerprint density at radius 3 is 2.67 bits per heavy atom. The maximum Gasteiger partial charge on any atom is 0.259 e. The number of nitrogens with one attached hydrogen (secondary N) is 2. The molecule has 3 aromatic rings. The first-order chi connectivity index (χ1) is 13.1. The Kier molecular flexibility index (Phi) is 4.21.